The van der Waals surface area contributed by atoms with E-state index in [-0.39, 0.29) is 0 Å². The molecule has 0 aliphatic carbocycles. The molecule has 0 radical (unpaired) electrons. The lowest BCUT2D eigenvalue weighted by atomic mass is 9.78. The van der Waals surface area contributed by atoms with Gasteiger partial charge in [-0.1, -0.05) is 6.08 Å². The molecule has 0 atom stereocenters. The lowest BCUT2D eigenvalue weighted by Gasteiger charge is -2.22. The van der Waals surface area contributed by atoms with Crippen LogP contribution in [0.25, 0.3) is 0 Å². The lowest BCUT2D eigenvalue weighted by Crippen LogP contribution is -2.17. The second-order valence-electron chi connectivity index (χ2n) is 3.20. The highest BCUT2D eigenvalue weighted by atomic mass is 14.4. The predicted molar refractivity (Wildman–Crippen MR) is 52.6 cm³/mol. The van der Waals surface area contributed by atoms with Gasteiger partial charge in [-0.05, 0) is 19.3 Å². The average Bonchev–Trinajstić information content (AvgIpc) is 2.22. The van der Waals surface area contributed by atoms with Gasteiger partial charge in [-0.2, -0.15) is 15.8 Å². The molecule has 0 spiro atoms. The van der Waals surface area contributed by atoms with Gasteiger partial charge in [0, 0.05) is 12.8 Å². The minimum Gasteiger partial charge on any atom is -0.198 e. The summed E-state index contributed by atoms with van der Waals surface area (Å²) >= 11 is 0. The summed E-state index contributed by atoms with van der Waals surface area (Å²) in [4.78, 5) is 0. The molecule has 0 heterocycles. The second kappa shape index (κ2) is 6.70. The molecule has 0 unspecified atom stereocenters. The van der Waals surface area contributed by atoms with Crippen LogP contribution in [0.1, 0.15) is 32.1 Å². The number of rotatable bonds is 6. The van der Waals surface area contributed by atoms with Gasteiger partial charge in [-0.15, -0.1) is 6.58 Å². The van der Waals surface area contributed by atoms with Crippen molar-refractivity contribution in [2.45, 2.75) is 32.1 Å². The number of nitriles is 3. The molecule has 0 rings (SSSR count). The van der Waals surface area contributed by atoms with Gasteiger partial charge in [0.15, 0.2) is 0 Å². The third kappa shape index (κ3) is 3.74. The first-order valence-corrected chi connectivity index (χ1v) is 4.51. The highest BCUT2D eigenvalue weighted by Crippen LogP contribution is 2.33. The zero-order chi connectivity index (χ0) is 10.9. The molecule has 0 fully saturated rings. The van der Waals surface area contributed by atoms with Crippen molar-refractivity contribution in [3.8, 4) is 18.2 Å². The molecule has 0 aromatic carbocycles. The third-order valence-electron chi connectivity index (χ3n) is 2.20. The van der Waals surface area contributed by atoms with Gasteiger partial charge in [0.05, 0.1) is 23.6 Å². The fourth-order valence-corrected chi connectivity index (χ4v) is 1.35. The van der Waals surface area contributed by atoms with Gasteiger partial charge in [-0.25, -0.2) is 0 Å². The van der Waals surface area contributed by atoms with Gasteiger partial charge in [0.1, 0.15) is 0 Å². The number of hydrogen-bond acceptors (Lipinski definition) is 3. The quantitative estimate of drug-likeness (QED) is 0.600. The van der Waals surface area contributed by atoms with Crippen molar-refractivity contribution in [3.63, 3.8) is 0 Å². The molecule has 0 aromatic rings. The smallest absolute Gasteiger partial charge is 0.0693 e. The van der Waals surface area contributed by atoms with Crippen LogP contribution in [0.5, 0.6) is 0 Å². The summed E-state index contributed by atoms with van der Waals surface area (Å²) in [5.41, 5.74) is -0.562. The highest BCUT2D eigenvalue weighted by molar-refractivity contribution is 5.04. The molecule has 72 valence electrons. The Kier molecular flexibility index (Phi) is 5.84. The Morgan fingerprint density at radius 3 is 1.86 bits per heavy atom. The van der Waals surface area contributed by atoms with E-state index < -0.39 is 5.41 Å². The molecular weight excluding hydrogens is 174 g/mol. The highest BCUT2D eigenvalue weighted by Gasteiger charge is 2.27. The van der Waals surface area contributed by atoms with Crippen LogP contribution in [0, 0.1) is 39.4 Å². The fourth-order valence-electron chi connectivity index (χ4n) is 1.35. The van der Waals surface area contributed by atoms with E-state index in [1.165, 1.54) is 0 Å². The zero-order valence-corrected chi connectivity index (χ0v) is 8.16. The van der Waals surface area contributed by atoms with Crippen LogP contribution in [0.2, 0.25) is 0 Å². The molecule has 0 aliphatic rings. The molecule has 0 bridgehead atoms. The van der Waals surface area contributed by atoms with Crippen LogP contribution in [0.3, 0.4) is 0 Å². The third-order valence-corrected chi connectivity index (χ3v) is 2.20. The van der Waals surface area contributed by atoms with Gasteiger partial charge >= 0.3 is 0 Å². The molecule has 3 nitrogen and oxygen atoms in total. The maximum Gasteiger partial charge on any atom is 0.0693 e. The minimum absolute atomic E-state index is 0.354. The summed E-state index contributed by atoms with van der Waals surface area (Å²) in [5, 5.41) is 26.0. The second-order valence-corrected chi connectivity index (χ2v) is 3.20. The van der Waals surface area contributed by atoms with Crippen LogP contribution < -0.4 is 0 Å². The van der Waals surface area contributed by atoms with Gasteiger partial charge < -0.3 is 0 Å². The van der Waals surface area contributed by atoms with Gasteiger partial charge in [0.25, 0.3) is 0 Å². The Labute approximate surface area is 84.9 Å². The van der Waals surface area contributed by atoms with E-state index in [1.807, 2.05) is 12.1 Å². The summed E-state index contributed by atoms with van der Waals surface area (Å²) in [6.07, 6.45) is 3.98. The molecule has 0 amide bonds. The SMILES string of the molecule is C=CCC(C#N)(CCC#N)CCC#N. The summed E-state index contributed by atoms with van der Waals surface area (Å²) in [6.45, 7) is 3.59. The first-order chi connectivity index (χ1) is 6.74. The fraction of sp³-hybridized carbons (Fsp3) is 0.545. The van der Waals surface area contributed by atoms with E-state index in [0.717, 1.165) is 0 Å². The molecule has 0 aliphatic heterocycles. The maximum absolute atomic E-state index is 9.04. The van der Waals surface area contributed by atoms with E-state index >= 15 is 0 Å². The minimum atomic E-state index is -0.562. The first kappa shape index (κ1) is 12.2. The Bertz CT molecular complexity index is 280. The van der Waals surface area contributed by atoms with Crippen molar-refractivity contribution in [2.24, 2.45) is 5.41 Å². The summed E-state index contributed by atoms with van der Waals surface area (Å²) < 4.78 is 0. The molecule has 0 N–H and O–H groups in total. The molecule has 0 saturated heterocycles. The lowest BCUT2D eigenvalue weighted by molar-refractivity contribution is 0.347. The van der Waals surface area contributed by atoms with Crippen molar-refractivity contribution in [1.29, 1.82) is 15.8 Å². The molecule has 14 heavy (non-hydrogen) atoms. The largest absolute Gasteiger partial charge is 0.198 e. The van der Waals surface area contributed by atoms with Crippen molar-refractivity contribution in [2.75, 3.05) is 0 Å². The molecule has 0 saturated carbocycles. The van der Waals surface area contributed by atoms with Crippen molar-refractivity contribution >= 4 is 0 Å². The van der Waals surface area contributed by atoms with Gasteiger partial charge in [-0.3, -0.25) is 0 Å². The summed E-state index contributed by atoms with van der Waals surface area (Å²) in [5.74, 6) is 0. The van der Waals surface area contributed by atoms with Crippen LogP contribution in [-0.2, 0) is 0 Å². The topological polar surface area (TPSA) is 71.4 Å². The first-order valence-electron chi connectivity index (χ1n) is 4.51. The Balaban J connectivity index is 4.47. The molecule has 0 aromatic heterocycles. The predicted octanol–water partition coefficient (Wildman–Crippen LogP) is 2.68. The van der Waals surface area contributed by atoms with E-state index in [4.69, 9.17) is 15.8 Å². The number of nitrogens with zero attached hydrogens (tertiary/aromatic N) is 3. The van der Waals surface area contributed by atoms with E-state index in [0.29, 0.717) is 32.1 Å². The Morgan fingerprint density at radius 1 is 1.07 bits per heavy atom. The Morgan fingerprint density at radius 2 is 1.57 bits per heavy atom. The average molecular weight is 187 g/mol. The van der Waals surface area contributed by atoms with E-state index in [1.54, 1.807) is 6.08 Å². The monoisotopic (exact) mass is 187 g/mol. The zero-order valence-electron chi connectivity index (χ0n) is 8.16. The Hall–Kier alpha value is -1.79. The van der Waals surface area contributed by atoms with Crippen molar-refractivity contribution in [3.05, 3.63) is 12.7 Å². The summed E-state index contributed by atoms with van der Waals surface area (Å²) in [7, 11) is 0. The summed E-state index contributed by atoms with van der Waals surface area (Å²) in [6, 6.07) is 6.26. The van der Waals surface area contributed by atoms with Gasteiger partial charge in [0.2, 0.25) is 0 Å². The standard InChI is InChI=1S/C11H13N3/c1-2-5-11(10-14,6-3-8-12)7-4-9-13/h2H,1,3-7H2. The van der Waals surface area contributed by atoms with Crippen LogP contribution >= 0.6 is 0 Å². The normalized spacial score (nSPS) is 9.50. The van der Waals surface area contributed by atoms with Crippen LogP contribution in [-0.4, -0.2) is 0 Å². The molecular formula is C11H13N3. The van der Waals surface area contributed by atoms with Crippen LogP contribution in [0.15, 0.2) is 12.7 Å². The van der Waals surface area contributed by atoms with E-state index in [2.05, 4.69) is 12.6 Å². The number of hydrogen-bond donors (Lipinski definition) is 0. The van der Waals surface area contributed by atoms with Crippen LogP contribution in [0.4, 0.5) is 0 Å². The van der Waals surface area contributed by atoms with Crippen molar-refractivity contribution < 1.29 is 0 Å². The molecule has 3 heteroatoms. The number of allylic oxidation sites excluding steroid dienone is 1. The van der Waals surface area contributed by atoms with E-state index in [9.17, 15) is 0 Å². The maximum atomic E-state index is 9.04. The van der Waals surface area contributed by atoms with Crippen molar-refractivity contribution in [1.82, 2.24) is 0 Å².